The normalized spacial score (nSPS) is 23.9. The van der Waals surface area contributed by atoms with Crippen LogP contribution < -0.4 is 0 Å². The monoisotopic (exact) mass is 158 g/mol. The van der Waals surface area contributed by atoms with Crippen molar-refractivity contribution in [1.82, 2.24) is 0 Å². The van der Waals surface area contributed by atoms with E-state index < -0.39 is 6.48 Å². The van der Waals surface area contributed by atoms with E-state index in [0.717, 1.165) is 12.2 Å². The SMILES string of the molecule is CC1=C(CC(C)C)OC(O)O1. The molecule has 0 amide bonds. The summed E-state index contributed by atoms with van der Waals surface area (Å²) in [6, 6.07) is 0. The summed E-state index contributed by atoms with van der Waals surface area (Å²) >= 11 is 0. The molecule has 0 aromatic rings. The molecule has 0 spiro atoms. The number of aliphatic hydroxyl groups excluding tert-OH is 1. The molecule has 0 fully saturated rings. The highest BCUT2D eigenvalue weighted by molar-refractivity contribution is 5.02. The molecule has 1 aliphatic rings. The summed E-state index contributed by atoms with van der Waals surface area (Å²) in [6.07, 6.45) is 0.822. The first-order valence-corrected chi connectivity index (χ1v) is 3.80. The summed E-state index contributed by atoms with van der Waals surface area (Å²) in [5.74, 6) is 1.99. The molecule has 3 nitrogen and oxygen atoms in total. The average Bonchev–Trinajstić information content (AvgIpc) is 2.09. The van der Waals surface area contributed by atoms with Crippen LogP contribution in [0.2, 0.25) is 0 Å². The minimum Gasteiger partial charge on any atom is -0.434 e. The van der Waals surface area contributed by atoms with Gasteiger partial charge in [0.1, 0.15) is 11.5 Å². The van der Waals surface area contributed by atoms with Crippen molar-refractivity contribution < 1.29 is 14.6 Å². The Hall–Kier alpha value is -0.700. The Balaban J connectivity index is 2.51. The van der Waals surface area contributed by atoms with E-state index in [4.69, 9.17) is 14.6 Å². The largest absolute Gasteiger partial charge is 0.434 e. The summed E-state index contributed by atoms with van der Waals surface area (Å²) < 4.78 is 9.88. The van der Waals surface area contributed by atoms with Gasteiger partial charge in [0.05, 0.1) is 0 Å². The van der Waals surface area contributed by atoms with E-state index >= 15 is 0 Å². The molecule has 0 aromatic carbocycles. The first kappa shape index (κ1) is 8.40. The number of aliphatic hydroxyl groups is 1. The standard InChI is InChI=1S/C8H14O3/c1-5(2)4-7-6(3)10-8(9)11-7/h5,8-9H,4H2,1-3H3. The third-order valence-electron chi connectivity index (χ3n) is 1.51. The van der Waals surface area contributed by atoms with E-state index in [0.29, 0.717) is 11.7 Å². The van der Waals surface area contributed by atoms with Gasteiger partial charge in [-0.15, -0.1) is 0 Å². The number of allylic oxidation sites excluding steroid dienone is 2. The van der Waals surface area contributed by atoms with Gasteiger partial charge >= 0.3 is 6.48 Å². The Labute approximate surface area is 66.6 Å². The maximum Gasteiger partial charge on any atom is 0.357 e. The molecule has 0 aromatic heterocycles. The van der Waals surface area contributed by atoms with Gasteiger partial charge in [0.2, 0.25) is 0 Å². The molecule has 1 rings (SSSR count). The Morgan fingerprint density at radius 2 is 2.09 bits per heavy atom. The number of hydrogen-bond acceptors (Lipinski definition) is 3. The number of hydrogen-bond donors (Lipinski definition) is 1. The Morgan fingerprint density at radius 3 is 2.45 bits per heavy atom. The van der Waals surface area contributed by atoms with Crippen LogP contribution in [-0.2, 0) is 9.47 Å². The maximum atomic E-state index is 8.90. The fourth-order valence-corrected chi connectivity index (χ4v) is 1.01. The van der Waals surface area contributed by atoms with Crippen LogP contribution in [0.25, 0.3) is 0 Å². The minimum atomic E-state index is -1.08. The molecular weight excluding hydrogens is 144 g/mol. The van der Waals surface area contributed by atoms with Crippen LogP contribution in [-0.4, -0.2) is 11.6 Å². The average molecular weight is 158 g/mol. The molecule has 1 atom stereocenters. The van der Waals surface area contributed by atoms with E-state index in [-0.39, 0.29) is 0 Å². The third kappa shape index (κ3) is 2.12. The van der Waals surface area contributed by atoms with Gasteiger partial charge in [0, 0.05) is 6.42 Å². The lowest BCUT2D eigenvalue weighted by Crippen LogP contribution is -2.06. The predicted molar refractivity (Wildman–Crippen MR) is 40.3 cm³/mol. The zero-order valence-corrected chi connectivity index (χ0v) is 7.13. The van der Waals surface area contributed by atoms with E-state index in [9.17, 15) is 0 Å². The van der Waals surface area contributed by atoms with Crippen molar-refractivity contribution >= 4 is 0 Å². The smallest absolute Gasteiger partial charge is 0.357 e. The summed E-state index contributed by atoms with van der Waals surface area (Å²) in [4.78, 5) is 0. The molecule has 1 aliphatic heterocycles. The van der Waals surface area contributed by atoms with Gasteiger partial charge in [0.15, 0.2) is 0 Å². The molecular formula is C8H14O3. The first-order chi connectivity index (χ1) is 5.09. The summed E-state index contributed by atoms with van der Waals surface area (Å²) in [7, 11) is 0. The molecule has 11 heavy (non-hydrogen) atoms. The minimum absolute atomic E-state index is 0.522. The second-order valence-electron chi connectivity index (χ2n) is 3.12. The van der Waals surface area contributed by atoms with Crippen LogP contribution >= 0.6 is 0 Å². The molecule has 0 saturated carbocycles. The van der Waals surface area contributed by atoms with Crippen LogP contribution in [0.3, 0.4) is 0 Å². The molecule has 0 aliphatic carbocycles. The van der Waals surface area contributed by atoms with Crippen LogP contribution in [0.15, 0.2) is 11.5 Å². The van der Waals surface area contributed by atoms with E-state index in [1.165, 1.54) is 0 Å². The molecule has 1 N–H and O–H groups in total. The topological polar surface area (TPSA) is 38.7 Å². The Morgan fingerprint density at radius 1 is 1.45 bits per heavy atom. The molecule has 1 heterocycles. The molecule has 3 heteroatoms. The van der Waals surface area contributed by atoms with Gasteiger partial charge in [-0.25, -0.2) is 0 Å². The second kappa shape index (κ2) is 3.13. The zero-order valence-electron chi connectivity index (χ0n) is 7.13. The molecule has 1 unspecified atom stereocenters. The van der Waals surface area contributed by atoms with Gasteiger partial charge in [-0.2, -0.15) is 0 Å². The summed E-state index contributed by atoms with van der Waals surface area (Å²) in [6.45, 7) is 4.90. The van der Waals surface area contributed by atoms with Gasteiger partial charge < -0.3 is 14.6 Å². The van der Waals surface area contributed by atoms with E-state index in [1.54, 1.807) is 6.92 Å². The van der Waals surface area contributed by atoms with E-state index in [2.05, 4.69) is 13.8 Å². The molecule has 0 bridgehead atoms. The zero-order chi connectivity index (χ0) is 8.43. The van der Waals surface area contributed by atoms with Crippen molar-refractivity contribution in [3.8, 4) is 0 Å². The van der Waals surface area contributed by atoms with Crippen molar-refractivity contribution in [2.24, 2.45) is 5.92 Å². The summed E-state index contributed by atoms with van der Waals surface area (Å²) in [5, 5.41) is 8.90. The van der Waals surface area contributed by atoms with Gasteiger partial charge in [0.25, 0.3) is 0 Å². The fraction of sp³-hybridized carbons (Fsp3) is 0.750. The third-order valence-corrected chi connectivity index (χ3v) is 1.51. The molecule has 0 saturated heterocycles. The Bertz CT molecular complexity index is 172. The van der Waals surface area contributed by atoms with Crippen molar-refractivity contribution in [2.75, 3.05) is 0 Å². The van der Waals surface area contributed by atoms with Crippen LogP contribution in [0, 0.1) is 5.92 Å². The number of rotatable bonds is 2. The van der Waals surface area contributed by atoms with Gasteiger partial charge in [-0.05, 0) is 12.8 Å². The highest BCUT2D eigenvalue weighted by Crippen LogP contribution is 2.25. The quantitative estimate of drug-likeness (QED) is 0.663. The lowest BCUT2D eigenvalue weighted by atomic mass is 10.1. The second-order valence-corrected chi connectivity index (χ2v) is 3.12. The van der Waals surface area contributed by atoms with E-state index in [1.807, 2.05) is 0 Å². The Kier molecular flexibility index (Phi) is 2.39. The fourth-order valence-electron chi connectivity index (χ4n) is 1.01. The number of ether oxygens (including phenoxy) is 2. The van der Waals surface area contributed by atoms with Gasteiger partial charge in [-0.1, -0.05) is 13.8 Å². The highest BCUT2D eigenvalue weighted by Gasteiger charge is 2.21. The van der Waals surface area contributed by atoms with Crippen molar-refractivity contribution in [3.05, 3.63) is 11.5 Å². The predicted octanol–water partition coefficient (Wildman–Crippen LogP) is 1.59. The van der Waals surface area contributed by atoms with Crippen molar-refractivity contribution in [1.29, 1.82) is 0 Å². The van der Waals surface area contributed by atoms with Crippen LogP contribution in [0.1, 0.15) is 27.2 Å². The summed E-state index contributed by atoms with van der Waals surface area (Å²) in [5.41, 5.74) is 0. The lowest BCUT2D eigenvalue weighted by molar-refractivity contribution is -0.193. The molecule has 0 radical (unpaired) electrons. The highest BCUT2D eigenvalue weighted by atomic mass is 16.8. The lowest BCUT2D eigenvalue weighted by Gasteiger charge is -2.05. The maximum absolute atomic E-state index is 8.90. The first-order valence-electron chi connectivity index (χ1n) is 3.80. The molecule has 64 valence electrons. The van der Waals surface area contributed by atoms with Gasteiger partial charge in [-0.3, -0.25) is 0 Å². The van der Waals surface area contributed by atoms with Crippen molar-refractivity contribution in [2.45, 2.75) is 33.7 Å². The van der Waals surface area contributed by atoms with Crippen molar-refractivity contribution in [3.63, 3.8) is 0 Å². The van der Waals surface area contributed by atoms with Crippen LogP contribution in [0.4, 0.5) is 0 Å². The van der Waals surface area contributed by atoms with Crippen LogP contribution in [0.5, 0.6) is 0 Å².